The lowest BCUT2D eigenvalue weighted by molar-refractivity contribution is -0.384. The van der Waals surface area contributed by atoms with Crippen LogP contribution in [0.3, 0.4) is 0 Å². The van der Waals surface area contributed by atoms with Crippen LogP contribution in [-0.4, -0.2) is 22.0 Å². The van der Waals surface area contributed by atoms with Gasteiger partial charge in [-0.2, -0.15) is 0 Å². The van der Waals surface area contributed by atoms with Crippen molar-refractivity contribution >= 4 is 11.7 Å². The lowest BCUT2D eigenvalue weighted by Crippen LogP contribution is -2.38. The van der Waals surface area contributed by atoms with E-state index in [9.17, 15) is 14.9 Å². The number of nitro benzene ring substituents is 1. The third-order valence-electron chi connectivity index (χ3n) is 2.93. The number of nitrogens with zero attached hydrogens (tertiary/aromatic N) is 1. The summed E-state index contributed by atoms with van der Waals surface area (Å²) in [5.74, 6) is -0.879. The molecule has 0 aliphatic heterocycles. The summed E-state index contributed by atoms with van der Waals surface area (Å²) in [7, 11) is 0. The van der Waals surface area contributed by atoms with Crippen LogP contribution in [0.4, 0.5) is 5.69 Å². The van der Waals surface area contributed by atoms with Gasteiger partial charge in [0.1, 0.15) is 6.04 Å². The topological polar surface area (TPSA) is 92.5 Å². The molecular formula is C13H18N2O4. The predicted molar refractivity (Wildman–Crippen MR) is 71.0 cm³/mol. The second-order valence-electron chi connectivity index (χ2n) is 4.42. The monoisotopic (exact) mass is 266 g/mol. The van der Waals surface area contributed by atoms with Gasteiger partial charge in [-0.15, -0.1) is 0 Å². The van der Waals surface area contributed by atoms with Crippen molar-refractivity contribution in [2.24, 2.45) is 0 Å². The second-order valence-corrected chi connectivity index (χ2v) is 4.42. The molecule has 0 amide bonds. The first-order valence-electron chi connectivity index (χ1n) is 6.19. The van der Waals surface area contributed by atoms with Gasteiger partial charge in [0.15, 0.2) is 0 Å². The van der Waals surface area contributed by atoms with Gasteiger partial charge in [-0.25, -0.2) is 0 Å². The Morgan fingerprint density at radius 3 is 2.42 bits per heavy atom. The van der Waals surface area contributed by atoms with Crippen LogP contribution in [0.15, 0.2) is 24.3 Å². The number of carboxylic acid groups (broad SMARTS) is 1. The maximum absolute atomic E-state index is 11.0. The normalized spacial score (nSPS) is 13.8. The van der Waals surface area contributed by atoms with Crippen LogP contribution >= 0.6 is 0 Å². The fourth-order valence-corrected chi connectivity index (χ4v) is 1.85. The smallest absolute Gasteiger partial charge is 0.320 e. The molecule has 0 fully saturated rings. The van der Waals surface area contributed by atoms with E-state index in [-0.39, 0.29) is 11.7 Å². The standard InChI is InChI=1S/C13H18N2O4/c1-3-4-12(13(16)17)14-9(2)10-5-7-11(8-6-10)15(18)19/h5-9,12,14H,3-4H2,1-2H3,(H,16,17). The van der Waals surface area contributed by atoms with Gasteiger partial charge in [0.2, 0.25) is 0 Å². The molecule has 6 nitrogen and oxygen atoms in total. The summed E-state index contributed by atoms with van der Waals surface area (Å²) in [4.78, 5) is 21.1. The van der Waals surface area contributed by atoms with Gasteiger partial charge in [-0.1, -0.05) is 25.5 Å². The minimum absolute atomic E-state index is 0.0271. The van der Waals surface area contributed by atoms with Gasteiger partial charge in [0.05, 0.1) is 4.92 Å². The molecule has 1 aromatic rings. The number of aliphatic carboxylic acids is 1. The van der Waals surface area contributed by atoms with Gasteiger partial charge < -0.3 is 5.11 Å². The van der Waals surface area contributed by atoms with E-state index < -0.39 is 16.9 Å². The van der Waals surface area contributed by atoms with Crippen LogP contribution in [-0.2, 0) is 4.79 Å². The molecule has 104 valence electrons. The number of hydrogen-bond donors (Lipinski definition) is 2. The van der Waals surface area contributed by atoms with E-state index in [2.05, 4.69) is 5.32 Å². The summed E-state index contributed by atoms with van der Waals surface area (Å²) in [5, 5.41) is 22.6. The molecule has 0 saturated heterocycles. The molecule has 0 bridgehead atoms. The molecule has 1 aromatic carbocycles. The van der Waals surface area contributed by atoms with E-state index >= 15 is 0 Å². The van der Waals surface area contributed by atoms with E-state index in [4.69, 9.17) is 5.11 Å². The number of nitro groups is 1. The molecule has 19 heavy (non-hydrogen) atoms. The van der Waals surface area contributed by atoms with Crippen molar-refractivity contribution < 1.29 is 14.8 Å². The van der Waals surface area contributed by atoms with E-state index in [0.29, 0.717) is 6.42 Å². The number of carboxylic acids is 1. The molecule has 0 radical (unpaired) electrons. The zero-order chi connectivity index (χ0) is 14.4. The van der Waals surface area contributed by atoms with Crippen LogP contribution in [0, 0.1) is 10.1 Å². The number of carbonyl (C=O) groups is 1. The number of hydrogen-bond acceptors (Lipinski definition) is 4. The first kappa shape index (κ1) is 15.1. The van der Waals surface area contributed by atoms with Crippen molar-refractivity contribution in [2.45, 2.75) is 38.8 Å². The number of rotatable bonds is 7. The molecule has 2 unspecified atom stereocenters. The first-order valence-corrected chi connectivity index (χ1v) is 6.19. The Morgan fingerprint density at radius 1 is 1.42 bits per heavy atom. The fraction of sp³-hybridized carbons (Fsp3) is 0.462. The van der Waals surface area contributed by atoms with Crippen LogP contribution in [0.1, 0.15) is 38.3 Å². The summed E-state index contributed by atoms with van der Waals surface area (Å²) in [5.41, 5.74) is 0.854. The van der Waals surface area contributed by atoms with Crippen molar-refractivity contribution in [3.8, 4) is 0 Å². The number of benzene rings is 1. The maximum Gasteiger partial charge on any atom is 0.320 e. The molecule has 2 N–H and O–H groups in total. The van der Waals surface area contributed by atoms with Crippen LogP contribution in [0.2, 0.25) is 0 Å². The molecule has 0 aliphatic carbocycles. The molecular weight excluding hydrogens is 248 g/mol. The lowest BCUT2D eigenvalue weighted by atomic mass is 10.1. The molecule has 0 aromatic heterocycles. The fourth-order valence-electron chi connectivity index (χ4n) is 1.85. The zero-order valence-electron chi connectivity index (χ0n) is 11.0. The second kappa shape index (κ2) is 6.84. The van der Waals surface area contributed by atoms with Crippen LogP contribution < -0.4 is 5.32 Å². The van der Waals surface area contributed by atoms with Crippen molar-refractivity contribution in [1.82, 2.24) is 5.32 Å². The lowest BCUT2D eigenvalue weighted by Gasteiger charge is -2.20. The van der Waals surface area contributed by atoms with Gasteiger partial charge in [-0.05, 0) is 18.9 Å². The van der Waals surface area contributed by atoms with E-state index in [1.165, 1.54) is 12.1 Å². The molecule has 2 atom stereocenters. The molecule has 1 rings (SSSR count). The average molecular weight is 266 g/mol. The summed E-state index contributed by atoms with van der Waals surface area (Å²) in [6, 6.07) is 5.34. The van der Waals surface area contributed by atoms with Crippen molar-refractivity contribution in [1.29, 1.82) is 0 Å². The summed E-state index contributed by atoms with van der Waals surface area (Å²) >= 11 is 0. The molecule has 6 heteroatoms. The van der Waals surface area contributed by atoms with Crippen LogP contribution in [0.25, 0.3) is 0 Å². The quantitative estimate of drug-likeness (QED) is 0.584. The highest BCUT2D eigenvalue weighted by atomic mass is 16.6. The molecule has 0 saturated carbocycles. The molecule has 0 heterocycles. The third-order valence-corrected chi connectivity index (χ3v) is 2.93. The van der Waals surface area contributed by atoms with Crippen molar-refractivity contribution in [3.05, 3.63) is 39.9 Å². The number of nitrogens with one attached hydrogen (secondary N) is 1. The van der Waals surface area contributed by atoms with Gasteiger partial charge in [0, 0.05) is 18.2 Å². The zero-order valence-corrected chi connectivity index (χ0v) is 11.0. The van der Waals surface area contributed by atoms with Gasteiger partial charge in [-0.3, -0.25) is 20.2 Å². The Kier molecular flexibility index (Phi) is 5.44. The molecule has 0 aliphatic rings. The van der Waals surface area contributed by atoms with Crippen LogP contribution in [0.5, 0.6) is 0 Å². The van der Waals surface area contributed by atoms with E-state index in [1.54, 1.807) is 12.1 Å². The Bertz CT molecular complexity index is 444. The molecule has 0 spiro atoms. The van der Waals surface area contributed by atoms with E-state index in [0.717, 1.165) is 12.0 Å². The summed E-state index contributed by atoms with van der Waals surface area (Å²) in [6.07, 6.45) is 1.32. The predicted octanol–water partition coefficient (Wildman–Crippen LogP) is 2.50. The van der Waals surface area contributed by atoms with Gasteiger partial charge in [0.25, 0.3) is 5.69 Å². The minimum Gasteiger partial charge on any atom is -0.480 e. The maximum atomic E-state index is 11.0. The average Bonchev–Trinajstić information content (AvgIpc) is 2.38. The largest absolute Gasteiger partial charge is 0.480 e. The Balaban J connectivity index is 2.73. The summed E-state index contributed by atoms with van der Waals surface area (Å²) < 4.78 is 0. The highest BCUT2D eigenvalue weighted by Gasteiger charge is 2.19. The first-order chi connectivity index (χ1) is 8.95. The van der Waals surface area contributed by atoms with E-state index in [1.807, 2.05) is 13.8 Å². The van der Waals surface area contributed by atoms with Crippen molar-refractivity contribution in [3.63, 3.8) is 0 Å². The minimum atomic E-state index is -0.879. The Morgan fingerprint density at radius 2 is 2.00 bits per heavy atom. The summed E-state index contributed by atoms with van der Waals surface area (Å²) in [6.45, 7) is 3.76. The third kappa shape index (κ3) is 4.33. The van der Waals surface area contributed by atoms with Gasteiger partial charge >= 0.3 is 5.97 Å². The highest BCUT2D eigenvalue weighted by molar-refractivity contribution is 5.73. The SMILES string of the molecule is CCCC(NC(C)c1ccc([N+](=O)[O-])cc1)C(=O)O. The Hall–Kier alpha value is -1.95. The Labute approximate surface area is 111 Å². The highest BCUT2D eigenvalue weighted by Crippen LogP contribution is 2.18. The number of non-ortho nitro benzene ring substituents is 1. The van der Waals surface area contributed by atoms with Crippen molar-refractivity contribution in [2.75, 3.05) is 0 Å².